The Kier molecular flexibility index (Phi) is 9.02. The van der Waals surface area contributed by atoms with Gasteiger partial charge in [0.2, 0.25) is 0 Å². The van der Waals surface area contributed by atoms with Crippen LogP contribution in [0, 0.1) is 11.6 Å². The lowest BCUT2D eigenvalue weighted by Crippen LogP contribution is -2.44. The average molecular weight is 516 g/mol. The monoisotopic (exact) mass is 516 g/mol. The maximum Gasteiger partial charge on any atom is 0.191 e. The summed E-state index contributed by atoms with van der Waals surface area (Å²) in [6, 6.07) is 7.46. The number of aromatic nitrogens is 1. The van der Waals surface area contributed by atoms with Gasteiger partial charge in [0, 0.05) is 58.1 Å². The second-order valence-electron chi connectivity index (χ2n) is 6.83. The summed E-state index contributed by atoms with van der Waals surface area (Å²) in [7, 11) is 3.76. The van der Waals surface area contributed by atoms with Crippen LogP contribution in [-0.2, 0) is 13.1 Å². The quantitative estimate of drug-likeness (QED) is 0.364. The molecular formula is C20H27F2IN6. The van der Waals surface area contributed by atoms with Crippen LogP contribution >= 0.6 is 24.0 Å². The maximum absolute atomic E-state index is 13.7. The van der Waals surface area contributed by atoms with Crippen LogP contribution in [0.2, 0.25) is 0 Å². The van der Waals surface area contributed by atoms with Crippen LogP contribution in [0.25, 0.3) is 0 Å². The van der Waals surface area contributed by atoms with Crippen molar-refractivity contribution in [2.24, 2.45) is 4.99 Å². The Morgan fingerprint density at radius 3 is 2.45 bits per heavy atom. The van der Waals surface area contributed by atoms with Gasteiger partial charge < -0.3 is 20.4 Å². The number of nitrogens with zero attached hydrogens (tertiary/aromatic N) is 4. The highest BCUT2D eigenvalue weighted by Gasteiger charge is 2.15. The van der Waals surface area contributed by atoms with Gasteiger partial charge in [0.05, 0.1) is 0 Å². The van der Waals surface area contributed by atoms with Crippen LogP contribution in [0.3, 0.4) is 0 Å². The Bertz CT molecular complexity index is 807. The number of guanidine groups is 1. The summed E-state index contributed by atoms with van der Waals surface area (Å²) in [5, 5.41) is 6.15. The van der Waals surface area contributed by atoms with Crippen molar-refractivity contribution < 1.29 is 8.78 Å². The average Bonchev–Trinajstić information content (AvgIpc) is 2.71. The van der Waals surface area contributed by atoms with E-state index in [-0.39, 0.29) is 36.1 Å². The van der Waals surface area contributed by atoms with Crippen LogP contribution in [0.1, 0.15) is 11.1 Å². The van der Waals surface area contributed by atoms with Gasteiger partial charge in [-0.15, -0.1) is 24.0 Å². The second kappa shape index (κ2) is 11.2. The number of aliphatic imine (C=N–C) groups is 1. The molecule has 0 spiro atoms. The van der Waals surface area contributed by atoms with Gasteiger partial charge in [-0.3, -0.25) is 4.99 Å². The molecule has 9 heteroatoms. The molecule has 29 heavy (non-hydrogen) atoms. The van der Waals surface area contributed by atoms with Gasteiger partial charge in [-0.05, 0) is 36.9 Å². The third kappa shape index (κ3) is 6.77. The van der Waals surface area contributed by atoms with Crippen molar-refractivity contribution in [1.29, 1.82) is 0 Å². The van der Waals surface area contributed by atoms with E-state index < -0.39 is 11.6 Å². The Balaban J connectivity index is 0.00000300. The number of pyridine rings is 1. The lowest BCUT2D eigenvalue weighted by molar-refractivity contribution is 0.312. The number of likely N-dealkylation sites (N-methyl/N-ethyl adjacent to an activating group) is 1. The van der Waals surface area contributed by atoms with E-state index in [4.69, 9.17) is 0 Å². The highest BCUT2D eigenvalue weighted by atomic mass is 127. The van der Waals surface area contributed by atoms with E-state index >= 15 is 0 Å². The molecule has 0 aliphatic carbocycles. The van der Waals surface area contributed by atoms with E-state index in [9.17, 15) is 8.78 Å². The first-order chi connectivity index (χ1) is 13.5. The molecule has 0 amide bonds. The minimum atomic E-state index is -0.465. The molecule has 0 bridgehead atoms. The van der Waals surface area contributed by atoms with Crippen LogP contribution in [-0.4, -0.2) is 56.1 Å². The lowest BCUT2D eigenvalue weighted by Gasteiger charge is -2.33. The van der Waals surface area contributed by atoms with Crippen molar-refractivity contribution >= 4 is 35.8 Å². The number of hydrogen-bond donors (Lipinski definition) is 2. The Morgan fingerprint density at radius 2 is 1.79 bits per heavy atom. The molecule has 0 radical (unpaired) electrons. The third-order valence-electron chi connectivity index (χ3n) is 4.77. The summed E-state index contributed by atoms with van der Waals surface area (Å²) in [6.45, 7) is 4.71. The first-order valence-corrected chi connectivity index (χ1v) is 9.32. The molecule has 0 saturated carbocycles. The number of piperazine rings is 1. The van der Waals surface area contributed by atoms with Gasteiger partial charge in [0.1, 0.15) is 17.5 Å². The second-order valence-corrected chi connectivity index (χ2v) is 6.83. The predicted octanol–water partition coefficient (Wildman–Crippen LogP) is 2.59. The highest BCUT2D eigenvalue weighted by Crippen LogP contribution is 2.13. The first-order valence-electron chi connectivity index (χ1n) is 9.32. The van der Waals surface area contributed by atoms with Crippen molar-refractivity contribution in [1.82, 2.24) is 20.5 Å². The standard InChI is InChI=1S/C20H26F2N6.HI/c1-23-20(26-14-16-11-17(21)4-5-18(16)22)25-13-15-3-6-19(24-12-15)28-9-7-27(2)8-10-28;/h3-6,11-12H,7-10,13-14H2,1-2H3,(H2,23,25,26);1H. The molecule has 1 saturated heterocycles. The zero-order valence-electron chi connectivity index (χ0n) is 16.7. The van der Waals surface area contributed by atoms with Crippen LogP contribution < -0.4 is 15.5 Å². The molecule has 1 fully saturated rings. The summed E-state index contributed by atoms with van der Waals surface area (Å²) in [5.41, 5.74) is 1.26. The van der Waals surface area contributed by atoms with Gasteiger partial charge in [-0.1, -0.05) is 6.07 Å². The summed E-state index contributed by atoms with van der Waals surface area (Å²) in [4.78, 5) is 13.3. The van der Waals surface area contributed by atoms with Crippen LogP contribution in [0.5, 0.6) is 0 Å². The van der Waals surface area contributed by atoms with Crippen molar-refractivity contribution in [3.63, 3.8) is 0 Å². The van der Waals surface area contributed by atoms with Gasteiger partial charge in [0.15, 0.2) is 5.96 Å². The van der Waals surface area contributed by atoms with Gasteiger partial charge in [0.25, 0.3) is 0 Å². The van der Waals surface area contributed by atoms with Crippen molar-refractivity contribution in [3.05, 3.63) is 59.3 Å². The fourth-order valence-electron chi connectivity index (χ4n) is 3.01. The van der Waals surface area contributed by atoms with Gasteiger partial charge >= 0.3 is 0 Å². The van der Waals surface area contributed by atoms with Gasteiger partial charge in [-0.25, -0.2) is 13.8 Å². The Labute approximate surface area is 187 Å². The largest absolute Gasteiger partial charge is 0.354 e. The molecule has 0 atom stereocenters. The third-order valence-corrected chi connectivity index (χ3v) is 4.77. The summed E-state index contributed by atoms with van der Waals surface area (Å²) in [5.74, 6) is 0.577. The molecule has 2 heterocycles. The number of anilines is 1. The smallest absolute Gasteiger partial charge is 0.191 e. The summed E-state index contributed by atoms with van der Waals surface area (Å²) in [6.07, 6.45) is 1.85. The molecule has 1 aliphatic heterocycles. The summed E-state index contributed by atoms with van der Waals surface area (Å²) >= 11 is 0. The SMILES string of the molecule is CN=C(NCc1ccc(N2CCN(C)CC2)nc1)NCc1cc(F)ccc1F.I. The minimum absolute atomic E-state index is 0. The van der Waals surface area contributed by atoms with E-state index in [1.807, 2.05) is 18.3 Å². The van der Waals surface area contributed by atoms with Crippen molar-refractivity contribution in [2.45, 2.75) is 13.1 Å². The van der Waals surface area contributed by atoms with E-state index in [1.165, 1.54) is 6.07 Å². The molecule has 2 N–H and O–H groups in total. The molecule has 1 aliphatic rings. The molecule has 1 aromatic heterocycles. The normalized spacial score (nSPS) is 15.0. The summed E-state index contributed by atoms with van der Waals surface area (Å²) < 4.78 is 27.0. The fraction of sp³-hybridized carbons (Fsp3) is 0.400. The molecular weight excluding hydrogens is 489 g/mol. The van der Waals surface area contributed by atoms with Gasteiger partial charge in [-0.2, -0.15) is 0 Å². The Hall–Kier alpha value is -2.01. The minimum Gasteiger partial charge on any atom is -0.354 e. The lowest BCUT2D eigenvalue weighted by atomic mass is 10.2. The molecule has 6 nitrogen and oxygen atoms in total. The number of benzene rings is 1. The molecule has 2 aromatic rings. The first kappa shape index (κ1) is 23.3. The number of rotatable bonds is 5. The number of nitrogens with one attached hydrogen (secondary N) is 2. The van der Waals surface area contributed by atoms with E-state index in [0.29, 0.717) is 12.5 Å². The van der Waals surface area contributed by atoms with E-state index in [1.54, 1.807) is 7.05 Å². The predicted molar refractivity (Wildman–Crippen MR) is 123 cm³/mol. The van der Waals surface area contributed by atoms with Crippen molar-refractivity contribution in [2.75, 3.05) is 45.2 Å². The van der Waals surface area contributed by atoms with E-state index in [0.717, 1.165) is 49.7 Å². The molecule has 158 valence electrons. The zero-order valence-corrected chi connectivity index (χ0v) is 19.0. The number of halogens is 3. The molecule has 1 aromatic carbocycles. The Morgan fingerprint density at radius 1 is 1.07 bits per heavy atom. The van der Waals surface area contributed by atoms with E-state index in [2.05, 4.69) is 37.5 Å². The molecule has 0 unspecified atom stereocenters. The maximum atomic E-state index is 13.7. The zero-order chi connectivity index (χ0) is 19.9. The fourth-order valence-corrected chi connectivity index (χ4v) is 3.01. The van der Waals surface area contributed by atoms with Crippen LogP contribution in [0.15, 0.2) is 41.5 Å². The topological polar surface area (TPSA) is 55.8 Å². The molecule has 3 rings (SSSR count). The number of hydrogen-bond acceptors (Lipinski definition) is 4. The van der Waals surface area contributed by atoms with Crippen molar-refractivity contribution in [3.8, 4) is 0 Å². The highest BCUT2D eigenvalue weighted by molar-refractivity contribution is 14.0. The van der Waals surface area contributed by atoms with Crippen LogP contribution in [0.4, 0.5) is 14.6 Å².